The second-order valence-corrected chi connectivity index (χ2v) is 6.62. The topological polar surface area (TPSA) is 54.6 Å². The highest BCUT2D eigenvalue weighted by Gasteiger charge is 2.11. The smallest absolute Gasteiger partial charge is 0.272 e. The number of hydrogen-bond donors (Lipinski definition) is 1. The lowest BCUT2D eigenvalue weighted by Crippen LogP contribution is -2.17. The summed E-state index contributed by atoms with van der Waals surface area (Å²) in [5, 5.41) is 4.78. The van der Waals surface area contributed by atoms with Gasteiger partial charge < -0.3 is 4.42 Å². The molecule has 25 heavy (non-hydrogen) atoms. The van der Waals surface area contributed by atoms with Crippen molar-refractivity contribution in [1.29, 1.82) is 0 Å². The van der Waals surface area contributed by atoms with E-state index in [9.17, 15) is 4.79 Å². The summed E-state index contributed by atoms with van der Waals surface area (Å²) in [6, 6.07) is 15.9. The Bertz CT molecular complexity index is 954. The van der Waals surface area contributed by atoms with E-state index in [1.54, 1.807) is 42.5 Å². The van der Waals surface area contributed by atoms with Gasteiger partial charge in [0.1, 0.15) is 11.5 Å². The molecule has 0 aliphatic rings. The van der Waals surface area contributed by atoms with Crippen molar-refractivity contribution in [2.45, 2.75) is 0 Å². The Morgan fingerprint density at radius 1 is 1.08 bits per heavy atom. The highest BCUT2D eigenvalue weighted by Crippen LogP contribution is 2.34. The minimum Gasteiger partial charge on any atom is -0.455 e. The van der Waals surface area contributed by atoms with Crippen LogP contribution < -0.4 is 5.43 Å². The molecular weight excluding hydrogens is 427 g/mol. The second-order valence-electron chi connectivity index (χ2n) is 4.98. The molecule has 0 saturated carbocycles. The average molecular weight is 438 g/mol. The Balaban J connectivity index is 1.71. The Morgan fingerprint density at radius 3 is 2.68 bits per heavy atom. The summed E-state index contributed by atoms with van der Waals surface area (Å²) in [6.07, 6.45) is 1.41. The van der Waals surface area contributed by atoms with Crippen LogP contribution in [0.25, 0.3) is 11.3 Å². The number of nitrogens with zero attached hydrogens (tertiary/aromatic N) is 1. The van der Waals surface area contributed by atoms with E-state index in [-0.39, 0.29) is 5.91 Å². The molecule has 0 aliphatic carbocycles. The number of furan rings is 1. The molecule has 0 unspecified atom stereocenters. The van der Waals surface area contributed by atoms with E-state index >= 15 is 0 Å². The number of hydrazone groups is 1. The largest absolute Gasteiger partial charge is 0.455 e. The average Bonchev–Trinajstić information content (AvgIpc) is 3.06. The van der Waals surface area contributed by atoms with Crippen LogP contribution in [0.4, 0.5) is 0 Å². The predicted molar refractivity (Wildman–Crippen MR) is 103 cm³/mol. The summed E-state index contributed by atoms with van der Waals surface area (Å²) in [4.78, 5) is 12.0. The molecule has 0 atom stereocenters. The number of rotatable bonds is 4. The molecule has 0 radical (unpaired) electrons. The highest BCUT2D eigenvalue weighted by molar-refractivity contribution is 9.10. The van der Waals surface area contributed by atoms with Gasteiger partial charge in [0.15, 0.2) is 0 Å². The van der Waals surface area contributed by atoms with E-state index in [2.05, 4.69) is 26.5 Å². The molecule has 0 fully saturated rings. The quantitative estimate of drug-likeness (QED) is 0.415. The van der Waals surface area contributed by atoms with Gasteiger partial charge in [0, 0.05) is 10.0 Å². The fourth-order valence-electron chi connectivity index (χ4n) is 2.12. The molecule has 1 aromatic heterocycles. The molecule has 0 spiro atoms. The molecule has 0 saturated heterocycles. The van der Waals surface area contributed by atoms with E-state index in [1.165, 1.54) is 6.21 Å². The van der Waals surface area contributed by atoms with Crippen molar-refractivity contribution >= 4 is 51.3 Å². The van der Waals surface area contributed by atoms with Crippen LogP contribution in [-0.2, 0) is 0 Å². The first kappa shape index (κ1) is 17.7. The lowest BCUT2D eigenvalue weighted by Gasteiger charge is -2.02. The maximum absolute atomic E-state index is 12.0. The van der Waals surface area contributed by atoms with Crippen LogP contribution in [0.1, 0.15) is 16.1 Å². The maximum Gasteiger partial charge on any atom is 0.272 e. The summed E-state index contributed by atoms with van der Waals surface area (Å²) >= 11 is 15.5. The van der Waals surface area contributed by atoms with Crippen LogP contribution in [0.3, 0.4) is 0 Å². The van der Waals surface area contributed by atoms with E-state index in [4.69, 9.17) is 27.6 Å². The van der Waals surface area contributed by atoms with E-state index in [0.717, 1.165) is 0 Å². The van der Waals surface area contributed by atoms with Crippen molar-refractivity contribution in [1.82, 2.24) is 5.43 Å². The van der Waals surface area contributed by atoms with E-state index in [0.29, 0.717) is 37.2 Å². The normalized spacial score (nSPS) is 11.0. The number of halogens is 3. The molecular formula is C18H11BrCl2N2O2. The summed E-state index contributed by atoms with van der Waals surface area (Å²) < 4.78 is 6.36. The Kier molecular flexibility index (Phi) is 5.58. The second kappa shape index (κ2) is 7.87. The number of amides is 1. The van der Waals surface area contributed by atoms with Crippen LogP contribution in [0.2, 0.25) is 10.0 Å². The van der Waals surface area contributed by atoms with Crippen molar-refractivity contribution in [3.63, 3.8) is 0 Å². The van der Waals surface area contributed by atoms with Crippen molar-refractivity contribution in [2.24, 2.45) is 5.10 Å². The number of carbonyl (C=O) groups is 1. The van der Waals surface area contributed by atoms with Gasteiger partial charge in [-0.1, -0.05) is 41.4 Å². The molecule has 1 heterocycles. The number of hydrogen-bond acceptors (Lipinski definition) is 3. The summed E-state index contributed by atoms with van der Waals surface area (Å²) in [5.41, 5.74) is 3.63. The van der Waals surface area contributed by atoms with Crippen LogP contribution >= 0.6 is 39.1 Å². The van der Waals surface area contributed by atoms with Crippen molar-refractivity contribution in [3.8, 4) is 11.3 Å². The lowest BCUT2D eigenvalue weighted by molar-refractivity contribution is 0.0954. The molecule has 4 nitrogen and oxygen atoms in total. The Morgan fingerprint density at radius 2 is 1.88 bits per heavy atom. The molecule has 126 valence electrons. The van der Waals surface area contributed by atoms with Gasteiger partial charge in [-0.3, -0.25) is 4.79 Å². The van der Waals surface area contributed by atoms with Crippen LogP contribution in [0.15, 0.2) is 68.6 Å². The molecule has 7 heteroatoms. The fraction of sp³-hybridized carbons (Fsp3) is 0. The summed E-state index contributed by atoms with van der Waals surface area (Å²) in [6.45, 7) is 0. The third-order valence-electron chi connectivity index (χ3n) is 3.32. The first-order valence-corrected chi connectivity index (χ1v) is 8.73. The number of nitrogens with one attached hydrogen (secondary N) is 1. The van der Waals surface area contributed by atoms with Crippen LogP contribution in [0.5, 0.6) is 0 Å². The minimum atomic E-state index is -0.326. The number of carbonyl (C=O) groups excluding carboxylic acids is 1. The van der Waals surface area contributed by atoms with Crippen LogP contribution in [0, 0.1) is 0 Å². The van der Waals surface area contributed by atoms with Gasteiger partial charge in [0.05, 0.1) is 21.8 Å². The molecule has 1 N–H and O–H groups in total. The van der Waals surface area contributed by atoms with Gasteiger partial charge in [0.2, 0.25) is 0 Å². The molecule has 0 bridgehead atoms. The first-order chi connectivity index (χ1) is 12.1. The highest BCUT2D eigenvalue weighted by atomic mass is 79.9. The Labute approximate surface area is 162 Å². The van der Waals surface area contributed by atoms with Crippen molar-refractivity contribution < 1.29 is 9.21 Å². The van der Waals surface area contributed by atoms with Gasteiger partial charge in [-0.2, -0.15) is 5.10 Å². The zero-order valence-corrected chi connectivity index (χ0v) is 15.8. The van der Waals surface area contributed by atoms with E-state index < -0.39 is 0 Å². The fourth-order valence-corrected chi connectivity index (χ4v) is 2.98. The third kappa shape index (κ3) is 4.12. The predicted octanol–water partition coefficient (Wildman–Crippen LogP) is 5.78. The standard InChI is InChI=1S/C18H11BrCl2N2O2/c19-14-6-2-1-4-12(14)18(24)23-22-10-11-8-9-16(25-11)13-5-3-7-15(20)17(13)21/h1-10H,(H,23,24)/b22-10+. The minimum absolute atomic E-state index is 0.326. The van der Waals surface area contributed by atoms with Gasteiger partial charge >= 0.3 is 0 Å². The third-order valence-corrected chi connectivity index (χ3v) is 4.83. The first-order valence-electron chi connectivity index (χ1n) is 7.18. The Hall–Kier alpha value is -2.08. The summed E-state index contributed by atoms with van der Waals surface area (Å²) in [7, 11) is 0. The van der Waals surface area contributed by atoms with Crippen molar-refractivity contribution in [3.05, 3.63) is 80.4 Å². The summed E-state index contributed by atoms with van der Waals surface area (Å²) in [5.74, 6) is 0.706. The molecule has 3 rings (SSSR count). The SMILES string of the molecule is O=C(N/N=C/c1ccc(-c2cccc(Cl)c2Cl)o1)c1ccccc1Br. The number of benzene rings is 2. The maximum atomic E-state index is 12.0. The molecule has 1 amide bonds. The monoisotopic (exact) mass is 436 g/mol. The zero-order valence-electron chi connectivity index (χ0n) is 12.7. The molecule has 0 aliphatic heterocycles. The lowest BCUT2D eigenvalue weighted by atomic mass is 10.2. The van der Waals surface area contributed by atoms with Crippen LogP contribution in [-0.4, -0.2) is 12.1 Å². The van der Waals surface area contributed by atoms with Gasteiger partial charge in [-0.05, 0) is 52.3 Å². The van der Waals surface area contributed by atoms with Gasteiger partial charge in [0.25, 0.3) is 5.91 Å². The van der Waals surface area contributed by atoms with Gasteiger partial charge in [-0.25, -0.2) is 5.43 Å². The van der Waals surface area contributed by atoms with E-state index in [1.807, 2.05) is 12.1 Å². The van der Waals surface area contributed by atoms with Crippen molar-refractivity contribution in [2.75, 3.05) is 0 Å². The molecule has 3 aromatic rings. The molecule has 2 aromatic carbocycles. The zero-order chi connectivity index (χ0) is 17.8. The van der Waals surface area contributed by atoms with Gasteiger partial charge in [-0.15, -0.1) is 0 Å².